The van der Waals surface area contributed by atoms with E-state index in [9.17, 15) is 20.2 Å². The third-order valence-corrected chi connectivity index (χ3v) is 6.63. The zero-order chi connectivity index (χ0) is 24.3. The molecule has 2 aliphatic rings. The molecule has 2 aliphatic carbocycles. The van der Waals surface area contributed by atoms with Gasteiger partial charge in [0.1, 0.15) is 18.5 Å². The quantitative estimate of drug-likeness (QED) is 0.679. The Bertz CT molecular complexity index is 1300. The molecule has 0 radical (unpaired) electrons. The minimum atomic E-state index is -1.68. The van der Waals surface area contributed by atoms with Crippen molar-refractivity contribution in [3.63, 3.8) is 0 Å². The van der Waals surface area contributed by atoms with Crippen molar-refractivity contribution in [3.8, 4) is 29.7 Å². The smallest absolute Gasteiger partial charge is 0.191 e. The standard InChI is InChI=1S/C27H23FN4O2/c1-33-24-12-18(9-10-23(24)34-14-17-5-4-6-19(28)11-17)25-21-8-3-2-7-20(21)22(13-29)26(32)27(25,15-30)16-31/h4-7,9-12,21,25H,2-3,8,14,32H2,1H3/t21-,25+/m1/s1. The van der Waals surface area contributed by atoms with Crippen molar-refractivity contribution in [1.29, 1.82) is 15.8 Å². The lowest BCUT2D eigenvalue weighted by atomic mass is 9.57. The van der Waals surface area contributed by atoms with Crippen molar-refractivity contribution in [2.24, 2.45) is 17.1 Å². The topological polar surface area (TPSA) is 116 Å². The lowest BCUT2D eigenvalue weighted by Gasteiger charge is -2.43. The Kier molecular flexibility index (Phi) is 6.26. The van der Waals surface area contributed by atoms with Crippen LogP contribution in [0.3, 0.4) is 0 Å². The number of ether oxygens (including phenoxy) is 2. The van der Waals surface area contributed by atoms with Gasteiger partial charge in [-0.15, -0.1) is 0 Å². The minimum absolute atomic E-state index is 0.000187. The molecule has 6 nitrogen and oxygen atoms in total. The molecule has 0 aromatic heterocycles. The number of hydrogen-bond donors (Lipinski definition) is 1. The molecule has 0 amide bonds. The molecule has 0 spiro atoms. The first kappa shape index (κ1) is 22.9. The van der Waals surface area contributed by atoms with E-state index in [4.69, 9.17) is 15.2 Å². The Morgan fingerprint density at radius 3 is 2.59 bits per heavy atom. The summed E-state index contributed by atoms with van der Waals surface area (Å²) in [5.74, 6) is -0.236. The number of methoxy groups -OCH3 is 1. The number of rotatable bonds is 5. The number of hydrogen-bond acceptors (Lipinski definition) is 6. The second-order valence-electron chi connectivity index (χ2n) is 8.44. The molecule has 7 heteroatoms. The Labute approximate surface area is 197 Å². The predicted molar refractivity (Wildman–Crippen MR) is 122 cm³/mol. The maximum absolute atomic E-state index is 13.5. The third-order valence-electron chi connectivity index (χ3n) is 6.63. The summed E-state index contributed by atoms with van der Waals surface area (Å²) in [6, 6.07) is 17.8. The summed E-state index contributed by atoms with van der Waals surface area (Å²) in [6.45, 7) is 0.147. The van der Waals surface area contributed by atoms with Crippen LogP contribution in [0.1, 0.15) is 36.3 Å². The molecular weight excluding hydrogens is 431 g/mol. The minimum Gasteiger partial charge on any atom is -0.493 e. The van der Waals surface area contributed by atoms with Gasteiger partial charge in [-0.3, -0.25) is 0 Å². The predicted octanol–water partition coefficient (Wildman–Crippen LogP) is 5.01. The van der Waals surface area contributed by atoms with E-state index < -0.39 is 11.3 Å². The second kappa shape index (κ2) is 9.30. The molecule has 4 rings (SSSR count). The number of allylic oxidation sites excluding steroid dienone is 4. The average molecular weight is 455 g/mol. The summed E-state index contributed by atoms with van der Waals surface area (Å²) in [6.07, 6.45) is 4.45. The molecule has 0 unspecified atom stereocenters. The fraction of sp³-hybridized carbons (Fsp3) is 0.296. The lowest BCUT2D eigenvalue weighted by Crippen LogP contribution is -2.42. The van der Waals surface area contributed by atoms with Crippen molar-refractivity contribution in [2.75, 3.05) is 7.11 Å². The Morgan fingerprint density at radius 2 is 1.91 bits per heavy atom. The number of nitriles is 3. The second-order valence-corrected chi connectivity index (χ2v) is 8.44. The van der Waals surface area contributed by atoms with E-state index in [0.29, 0.717) is 22.6 Å². The van der Waals surface area contributed by atoms with Crippen LogP contribution in [0.5, 0.6) is 11.5 Å². The summed E-state index contributed by atoms with van der Waals surface area (Å²) < 4.78 is 24.9. The van der Waals surface area contributed by atoms with Crippen LogP contribution in [0.4, 0.5) is 4.39 Å². The van der Waals surface area contributed by atoms with Gasteiger partial charge in [0, 0.05) is 5.92 Å². The highest BCUT2D eigenvalue weighted by Gasteiger charge is 2.53. The fourth-order valence-corrected chi connectivity index (χ4v) is 5.03. The van der Waals surface area contributed by atoms with E-state index in [0.717, 1.165) is 24.8 Å². The zero-order valence-electron chi connectivity index (χ0n) is 18.7. The fourth-order valence-electron chi connectivity index (χ4n) is 5.03. The van der Waals surface area contributed by atoms with Gasteiger partial charge in [0.15, 0.2) is 16.9 Å². The van der Waals surface area contributed by atoms with E-state index in [2.05, 4.69) is 18.2 Å². The molecule has 0 saturated carbocycles. The van der Waals surface area contributed by atoms with Gasteiger partial charge in [0.2, 0.25) is 0 Å². The lowest BCUT2D eigenvalue weighted by molar-refractivity contribution is 0.281. The van der Waals surface area contributed by atoms with Crippen molar-refractivity contribution >= 4 is 0 Å². The van der Waals surface area contributed by atoms with Crippen molar-refractivity contribution in [1.82, 2.24) is 0 Å². The van der Waals surface area contributed by atoms with Crippen LogP contribution in [0.15, 0.2) is 65.4 Å². The molecular formula is C27H23FN4O2. The molecule has 0 aliphatic heterocycles. The highest BCUT2D eigenvalue weighted by atomic mass is 19.1. The van der Waals surface area contributed by atoms with E-state index in [1.54, 1.807) is 30.3 Å². The largest absolute Gasteiger partial charge is 0.493 e. The molecule has 2 aromatic carbocycles. The molecule has 0 saturated heterocycles. The summed E-state index contributed by atoms with van der Waals surface area (Å²) >= 11 is 0. The molecule has 2 aromatic rings. The first-order chi connectivity index (χ1) is 16.5. The highest BCUT2D eigenvalue weighted by molar-refractivity contribution is 5.60. The number of benzene rings is 2. The van der Waals surface area contributed by atoms with Crippen LogP contribution in [0.25, 0.3) is 0 Å². The maximum atomic E-state index is 13.5. The van der Waals surface area contributed by atoms with E-state index >= 15 is 0 Å². The van der Waals surface area contributed by atoms with Crippen LogP contribution >= 0.6 is 0 Å². The first-order valence-corrected chi connectivity index (χ1v) is 11.0. The van der Waals surface area contributed by atoms with Gasteiger partial charge >= 0.3 is 0 Å². The van der Waals surface area contributed by atoms with Crippen LogP contribution < -0.4 is 15.2 Å². The van der Waals surface area contributed by atoms with Gasteiger partial charge in [-0.2, -0.15) is 15.8 Å². The van der Waals surface area contributed by atoms with E-state index in [1.807, 2.05) is 6.08 Å². The normalized spacial score (nSPS) is 20.7. The average Bonchev–Trinajstić information content (AvgIpc) is 2.87. The van der Waals surface area contributed by atoms with Crippen molar-refractivity contribution in [3.05, 3.63) is 82.3 Å². The van der Waals surface area contributed by atoms with Crippen molar-refractivity contribution < 1.29 is 13.9 Å². The zero-order valence-corrected chi connectivity index (χ0v) is 18.7. The van der Waals surface area contributed by atoms with Gasteiger partial charge in [-0.05, 0) is 66.1 Å². The molecule has 34 heavy (non-hydrogen) atoms. The first-order valence-electron chi connectivity index (χ1n) is 11.0. The molecule has 170 valence electrons. The number of nitrogens with two attached hydrogens (primary N) is 1. The van der Waals surface area contributed by atoms with Gasteiger partial charge < -0.3 is 15.2 Å². The molecule has 0 bridgehead atoms. The Balaban J connectivity index is 1.76. The maximum Gasteiger partial charge on any atom is 0.191 e. The van der Waals surface area contributed by atoms with Gasteiger partial charge in [0.05, 0.1) is 30.5 Å². The van der Waals surface area contributed by atoms with Gasteiger partial charge in [-0.25, -0.2) is 4.39 Å². The third kappa shape index (κ3) is 3.74. The number of fused-ring (bicyclic) bond motifs is 1. The summed E-state index contributed by atoms with van der Waals surface area (Å²) in [5, 5.41) is 30.1. The monoisotopic (exact) mass is 454 g/mol. The van der Waals surface area contributed by atoms with E-state index in [1.165, 1.54) is 19.2 Å². The summed E-state index contributed by atoms with van der Waals surface area (Å²) in [5.41, 5.74) is 7.08. The number of halogens is 1. The van der Waals surface area contributed by atoms with E-state index in [-0.39, 0.29) is 29.6 Å². The van der Waals surface area contributed by atoms with Gasteiger partial charge in [-0.1, -0.05) is 24.3 Å². The molecule has 2 atom stereocenters. The summed E-state index contributed by atoms with van der Waals surface area (Å²) in [7, 11) is 1.50. The summed E-state index contributed by atoms with van der Waals surface area (Å²) in [4.78, 5) is 0. The Morgan fingerprint density at radius 1 is 1.12 bits per heavy atom. The number of nitrogens with zero attached hydrogens (tertiary/aromatic N) is 3. The van der Waals surface area contributed by atoms with Crippen LogP contribution in [-0.2, 0) is 6.61 Å². The van der Waals surface area contributed by atoms with Crippen LogP contribution in [0.2, 0.25) is 0 Å². The van der Waals surface area contributed by atoms with Crippen LogP contribution in [0, 0.1) is 51.1 Å². The SMILES string of the molecule is COc1cc([C@H]2[C@@H]3CCCC=C3C(C#N)=C(N)C2(C#N)C#N)ccc1OCc1cccc(F)c1. The Hall–Kier alpha value is -4.28. The highest BCUT2D eigenvalue weighted by Crippen LogP contribution is 2.56. The molecule has 0 heterocycles. The van der Waals surface area contributed by atoms with Crippen LogP contribution in [-0.4, -0.2) is 7.11 Å². The van der Waals surface area contributed by atoms with Gasteiger partial charge in [0.25, 0.3) is 0 Å². The molecule has 0 fully saturated rings. The molecule has 2 N–H and O–H groups in total. The van der Waals surface area contributed by atoms with Crippen molar-refractivity contribution in [2.45, 2.75) is 31.8 Å².